The molecule has 1 heterocycles. The van der Waals surface area contributed by atoms with Crippen LogP contribution in [0.3, 0.4) is 0 Å². The highest BCUT2D eigenvalue weighted by molar-refractivity contribution is 5.89. The second kappa shape index (κ2) is 7.74. The molecule has 2 rings (SSSR count). The molecule has 0 aliphatic rings. The topological polar surface area (TPSA) is 121 Å². The van der Waals surface area contributed by atoms with E-state index in [-0.39, 0.29) is 5.69 Å². The molecule has 0 atom stereocenters. The average molecular weight is 317 g/mol. The Morgan fingerprint density at radius 3 is 2.52 bits per heavy atom. The molecule has 0 aliphatic carbocycles. The molecule has 8 heteroatoms. The van der Waals surface area contributed by atoms with Gasteiger partial charge in [0.15, 0.2) is 6.61 Å². The number of rotatable bonds is 6. The summed E-state index contributed by atoms with van der Waals surface area (Å²) in [4.78, 5) is 49.3. The summed E-state index contributed by atoms with van der Waals surface area (Å²) in [7, 11) is 0. The quantitative estimate of drug-likeness (QED) is 0.625. The first kappa shape index (κ1) is 16.2. The smallest absolute Gasteiger partial charge is 0.355 e. The number of esters is 1. The van der Waals surface area contributed by atoms with Crippen LogP contribution in [0.1, 0.15) is 16.1 Å². The van der Waals surface area contributed by atoms with Crippen molar-refractivity contribution in [3.05, 3.63) is 68.5 Å². The zero-order chi connectivity index (χ0) is 16.7. The summed E-state index contributed by atoms with van der Waals surface area (Å²) < 4.78 is 4.73. The summed E-state index contributed by atoms with van der Waals surface area (Å²) >= 11 is 0. The Labute approximate surface area is 130 Å². The Kier molecular flexibility index (Phi) is 5.45. The number of carbonyl (C=O) groups is 2. The normalized spacial score (nSPS) is 10.1. The second-order valence-corrected chi connectivity index (χ2v) is 4.66. The van der Waals surface area contributed by atoms with Crippen molar-refractivity contribution in [2.45, 2.75) is 6.42 Å². The summed E-state index contributed by atoms with van der Waals surface area (Å²) in [6.07, 6.45) is 0.655. The van der Waals surface area contributed by atoms with Crippen molar-refractivity contribution in [3.63, 3.8) is 0 Å². The molecule has 8 nitrogen and oxygen atoms in total. The summed E-state index contributed by atoms with van der Waals surface area (Å²) in [5, 5.41) is 2.60. The van der Waals surface area contributed by atoms with Crippen LogP contribution in [-0.2, 0) is 16.0 Å². The van der Waals surface area contributed by atoms with Gasteiger partial charge in [0.2, 0.25) is 0 Å². The van der Waals surface area contributed by atoms with Crippen LogP contribution < -0.4 is 16.6 Å². The lowest BCUT2D eigenvalue weighted by molar-refractivity contribution is -0.124. The molecule has 1 aromatic heterocycles. The lowest BCUT2D eigenvalue weighted by Crippen LogP contribution is -2.31. The predicted octanol–water partition coefficient (Wildman–Crippen LogP) is -0.421. The van der Waals surface area contributed by atoms with E-state index in [2.05, 4.69) is 10.3 Å². The molecule has 0 bridgehead atoms. The van der Waals surface area contributed by atoms with Crippen LogP contribution in [0.4, 0.5) is 0 Å². The van der Waals surface area contributed by atoms with Gasteiger partial charge < -0.3 is 15.0 Å². The molecule has 1 aromatic carbocycles. The first-order chi connectivity index (χ1) is 11.0. The molecule has 1 amide bonds. The fourth-order valence-electron chi connectivity index (χ4n) is 1.83. The monoisotopic (exact) mass is 317 g/mol. The molecule has 0 radical (unpaired) electrons. The number of aromatic nitrogens is 2. The third-order valence-electron chi connectivity index (χ3n) is 2.89. The van der Waals surface area contributed by atoms with E-state index >= 15 is 0 Å². The van der Waals surface area contributed by atoms with Crippen LogP contribution in [0.15, 0.2) is 46.0 Å². The van der Waals surface area contributed by atoms with Gasteiger partial charge in [0, 0.05) is 12.6 Å². The zero-order valence-electron chi connectivity index (χ0n) is 12.1. The van der Waals surface area contributed by atoms with E-state index in [1.165, 1.54) is 0 Å². The molecule has 0 saturated heterocycles. The molecule has 3 N–H and O–H groups in total. The number of H-pyrrole nitrogens is 2. The van der Waals surface area contributed by atoms with E-state index in [4.69, 9.17) is 4.74 Å². The van der Waals surface area contributed by atoms with Crippen molar-refractivity contribution in [3.8, 4) is 0 Å². The third-order valence-corrected chi connectivity index (χ3v) is 2.89. The van der Waals surface area contributed by atoms with Gasteiger partial charge in [-0.15, -0.1) is 0 Å². The van der Waals surface area contributed by atoms with Gasteiger partial charge in [-0.25, -0.2) is 9.59 Å². The van der Waals surface area contributed by atoms with Gasteiger partial charge in [0.05, 0.1) is 0 Å². The van der Waals surface area contributed by atoms with Crippen LogP contribution >= 0.6 is 0 Å². The van der Waals surface area contributed by atoms with Crippen molar-refractivity contribution in [2.75, 3.05) is 13.2 Å². The Bertz CT molecular complexity index is 766. The molecule has 2 aromatic rings. The number of carbonyl (C=O) groups excluding carboxylic acids is 2. The minimum Gasteiger partial charge on any atom is -0.451 e. The summed E-state index contributed by atoms with van der Waals surface area (Å²) in [5.41, 5.74) is -0.786. The highest BCUT2D eigenvalue weighted by Gasteiger charge is 2.11. The van der Waals surface area contributed by atoms with E-state index in [9.17, 15) is 19.2 Å². The predicted molar refractivity (Wildman–Crippen MR) is 81.1 cm³/mol. The lowest BCUT2D eigenvalue weighted by Gasteiger charge is -2.06. The summed E-state index contributed by atoms with van der Waals surface area (Å²) in [6, 6.07) is 10.5. The second-order valence-electron chi connectivity index (χ2n) is 4.66. The van der Waals surface area contributed by atoms with Gasteiger partial charge in [-0.2, -0.15) is 0 Å². The van der Waals surface area contributed by atoms with E-state index in [1.807, 2.05) is 35.3 Å². The number of benzene rings is 1. The molecule has 120 valence electrons. The van der Waals surface area contributed by atoms with Crippen LogP contribution in [0.5, 0.6) is 0 Å². The number of ether oxygens (including phenoxy) is 1. The Morgan fingerprint density at radius 2 is 1.83 bits per heavy atom. The SMILES string of the molecule is O=C(COC(=O)c1cc(=O)[nH]c(=O)[nH]1)NCCc1ccccc1. The number of amides is 1. The molecule has 0 aliphatic heterocycles. The highest BCUT2D eigenvalue weighted by atomic mass is 16.5. The minimum atomic E-state index is -0.952. The maximum atomic E-state index is 11.6. The van der Waals surface area contributed by atoms with E-state index < -0.39 is 29.7 Å². The minimum absolute atomic E-state index is 0.309. The molecular formula is C15H15N3O5. The van der Waals surface area contributed by atoms with Crippen LogP contribution in [-0.4, -0.2) is 35.0 Å². The van der Waals surface area contributed by atoms with E-state index in [0.29, 0.717) is 13.0 Å². The Balaban J connectivity index is 1.76. The number of aromatic amines is 2. The first-order valence-corrected chi connectivity index (χ1v) is 6.86. The van der Waals surface area contributed by atoms with Crippen LogP contribution in [0.25, 0.3) is 0 Å². The fourth-order valence-corrected chi connectivity index (χ4v) is 1.83. The summed E-state index contributed by atoms with van der Waals surface area (Å²) in [6.45, 7) is -0.0926. The molecule has 0 fully saturated rings. The van der Waals surface area contributed by atoms with Crippen molar-refractivity contribution >= 4 is 11.9 Å². The van der Waals surface area contributed by atoms with Gasteiger partial charge >= 0.3 is 11.7 Å². The average Bonchev–Trinajstić information content (AvgIpc) is 2.52. The Morgan fingerprint density at radius 1 is 1.09 bits per heavy atom. The number of hydrogen-bond acceptors (Lipinski definition) is 5. The highest BCUT2D eigenvalue weighted by Crippen LogP contribution is 1.98. The maximum absolute atomic E-state index is 11.6. The molecular weight excluding hydrogens is 302 g/mol. The Hall–Kier alpha value is -3.16. The largest absolute Gasteiger partial charge is 0.451 e. The standard InChI is InChI=1S/C15H15N3O5/c19-12-8-11(17-15(22)18-12)14(21)23-9-13(20)16-7-6-10-4-2-1-3-5-10/h1-5,8H,6-7,9H2,(H,16,20)(H2,17,18,19,22). The van der Waals surface area contributed by atoms with Gasteiger partial charge in [0.25, 0.3) is 11.5 Å². The number of hydrogen-bond donors (Lipinski definition) is 3. The first-order valence-electron chi connectivity index (χ1n) is 6.86. The van der Waals surface area contributed by atoms with E-state index in [1.54, 1.807) is 0 Å². The zero-order valence-corrected chi connectivity index (χ0v) is 12.1. The van der Waals surface area contributed by atoms with Crippen LogP contribution in [0.2, 0.25) is 0 Å². The number of nitrogens with one attached hydrogen (secondary N) is 3. The van der Waals surface area contributed by atoms with Gasteiger partial charge in [0.1, 0.15) is 5.69 Å². The molecule has 0 unspecified atom stereocenters. The van der Waals surface area contributed by atoms with Crippen molar-refractivity contribution < 1.29 is 14.3 Å². The van der Waals surface area contributed by atoms with Crippen LogP contribution in [0, 0.1) is 0 Å². The van der Waals surface area contributed by atoms with Crippen molar-refractivity contribution in [2.24, 2.45) is 0 Å². The maximum Gasteiger partial charge on any atom is 0.355 e. The van der Waals surface area contributed by atoms with E-state index in [0.717, 1.165) is 11.6 Å². The van der Waals surface area contributed by atoms with Gasteiger partial charge in [-0.3, -0.25) is 14.6 Å². The lowest BCUT2D eigenvalue weighted by atomic mass is 10.1. The van der Waals surface area contributed by atoms with Gasteiger partial charge in [-0.05, 0) is 12.0 Å². The van der Waals surface area contributed by atoms with Crippen molar-refractivity contribution in [1.29, 1.82) is 0 Å². The van der Waals surface area contributed by atoms with Crippen molar-refractivity contribution in [1.82, 2.24) is 15.3 Å². The molecule has 0 saturated carbocycles. The fraction of sp³-hybridized carbons (Fsp3) is 0.200. The molecule has 0 spiro atoms. The third kappa shape index (κ3) is 5.27. The molecule has 23 heavy (non-hydrogen) atoms. The summed E-state index contributed by atoms with van der Waals surface area (Å²) in [5.74, 6) is -1.42. The van der Waals surface area contributed by atoms with Gasteiger partial charge in [-0.1, -0.05) is 30.3 Å².